The molecule has 1 rings (SSSR count). The molecule has 1 atom stereocenters. The van der Waals surface area contributed by atoms with E-state index in [0.29, 0.717) is 11.6 Å². The van der Waals surface area contributed by atoms with Gasteiger partial charge >= 0.3 is 5.97 Å². The molecule has 0 spiro atoms. The van der Waals surface area contributed by atoms with Crippen LogP contribution in [0.2, 0.25) is 5.02 Å². The van der Waals surface area contributed by atoms with E-state index < -0.39 is 5.97 Å². The molecule has 0 aliphatic heterocycles. The number of hydrogen-bond acceptors (Lipinski definition) is 3. The molecule has 16 heavy (non-hydrogen) atoms. The number of aromatic carboxylic acids is 1. The number of carboxylic acids is 1. The molecule has 4 nitrogen and oxygen atoms in total. The van der Waals surface area contributed by atoms with Gasteiger partial charge in [0.1, 0.15) is 17.4 Å². The molecule has 1 N–H and O–H groups in total. The van der Waals surface area contributed by atoms with Crippen LogP contribution >= 0.6 is 11.6 Å². The summed E-state index contributed by atoms with van der Waals surface area (Å²) in [7, 11) is 1.55. The van der Waals surface area contributed by atoms with Crippen molar-refractivity contribution in [1.82, 2.24) is 0 Å². The molecule has 5 heteroatoms. The Bertz CT molecular complexity index is 378. The van der Waals surface area contributed by atoms with Crippen molar-refractivity contribution in [3.8, 4) is 5.75 Å². The van der Waals surface area contributed by atoms with Crippen LogP contribution in [-0.2, 0) is 4.74 Å². The van der Waals surface area contributed by atoms with Crippen LogP contribution in [0.25, 0.3) is 0 Å². The predicted octanol–water partition coefficient (Wildman–Crippen LogP) is 2.45. The maximum absolute atomic E-state index is 10.9. The van der Waals surface area contributed by atoms with E-state index in [4.69, 9.17) is 26.2 Å². The van der Waals surface area contributed by atoms with Crippen molar-refractivity contribution < 1.29 is 19.4 Å². The van der Waals surface area contributed by atoms with Gasteiger partial charge in [0.2, 0.25) is 0 Å². The average Bonchev–Trinajstić information content (AvgIpc) is 2.17. The highest BCUT2D eigenvalue weighted by Gasteiger charge is 2.14. The first-order chi connectivity index (χ1) is 7.54. The average molecular weight is 245 g/mol. The molecule has 0 aliphatic rings. The van der Waals surface area contributed by atoms with Crippen molar-refractivity contribution >= 4 is 17.6 Å². The van der Waals surface area contributed by atoms with Gasteiger partial charge in [-0.1, -0.05) is 11.6 Å². The molecule has 88 valence electrons. The normalized spacial score (nSPS) is 12.2. The van der Waals surface area contributed by atoms with Gasteiger partial charge < -0.3 is 14.6 Å². The molecule has 0 radical (unpaired) electrons. The Kier molecular flexibility index (Phi) is 4.58. The van der Waals surface area contributed by atoms with Gasteiger partial charge in [0.05, 0.1) is 6.61 Å². The first kappa shape index (κ1) is 12.8. The molecule has 0 aromatic heterocycles. The van der Waals surface area contributed by atoms with E-state index in [0.717, 1.165) is 0 Å². The summed E-state index contributed by atoms with van der Waals surface area (Å²) in [5, 5.41) is 9.38. The van der Waals surface area contributed by atoms with Crippen molar-refractivity contribution in [3.05, 3.63) is 28.8 Å². The van der Waals surface area contributed by atoms with Crippen LogP contribution in [0.4, 0.5) is 0 Å². The molecular weight excluding hydrogens is 232 g/mol. The molecule has 0 heterocycles. The number of carbonyl (C=O) groups is 1. The first-order valence-electron chi connectivity index (χ1n) is 4.73. The summed E-state index contributed by atoms with van der Waals surface area (Å²) in [6, 6.07) is 4.41. The van der Waals surface area contributed by atoms with Crippen LogP contribution in [0.1, 0.15) is 17.3 Å². The Labute approximate surface area is 98.7 Å². The van der Waals surface area contributed by atoms with E-state index in [9.17, 15) is 4.79 Å². The van der Waals surface area contributed by atoms with Crippen molar-refractivity contribution in [1.29, 1.82) is 0 Å². The highest BCUT2D eigenvalue weighted by Crippen LogP contribution is 2.24. The van der Waals surface area contributed by atoms with Crippen molar-refractivity contribution in [3.63, 3.8) is 0 Å². The Morgan fingerprint density at radius 2 is 2.25 bits per heavy atom. The molecule has 0 saturated carbocycles. The van der Waals surface area contributed by atoms with E-state index in [2.05, 4.69) is 0 Å². The zero-order valence-corrected chi connectivity index (χ0v) is 9.82. The van der Waals surface area contributed by atoms with Crippen molar-refractivity contribution in [2.45, 2.75) is 13.0 Å². The van der Waals surface area contributed by atoms with Gasteiger partial charge in [-0.2, -0.15) is 0 Å². The number of ether oxygens (including phenoxy) is 2. The fourth-order valence-corrected chi connectivity index (χ4v) is 1.42. The summed E-state index contributed by atoms with van der Waals surface area (Å²) >= 11 is 5.78. The minimum absolute atomic E-state index is 0.0901. The number of benzene rings is 1. The summed E-state index contributed by atoms with van der Waals surface area (Å²) < 4.78 is 10.3. The summed E-state index contributed by atoms with van der Waals surface area (Å²) in [5.41, 5.74) is 0.0901. The standard InChI is InChI=1S/C11H13ClO4/c1-7(6-15-2)16-10-5-8(12)3-4-9(10)11(13)14/h3-5,7H,6H2,1-2H3,(H,13,14). The second-order valence-corrected chi connectivity index (χ2v) is 3.77. The minimum atomic E-state index is -1.05. The van der Waals surface area contributed by atoms with Gasteiger partial charge in [0, 0.05) is 12.1 Å². The number of halogens is 1. The van der Waals surface area contributed by atoms with Crippen LogP contribution in [0.5, 0.6) is 5.75 Å². The van der Waals surface area contributed by atoms with Crippen LogP contribution < -0.4 is 4.74 Å². The Morgan fingerprint density at radius 3 is 2.81 bits per heavy atom. The van der Waals surface area contributed by atoms with E-state index in [1.54, 1.807) is 14.0 Å². The SMILES string of the molecule is COCC(C)Oc1cc(Cl)ccc1C(=O)O. The third kappa shape index (κ3) is 3.40. The lowest BCUT2D eigenvalue weighted by molar-refractivity contribution is 0.0674. The molecule has 0 aliphatic carbocycles. The smallest absolute Gasteiger partial charge is 0.339 e. The van der Waals surface area contributed by atoms with Gasteiger partial charge in [0.25, 0.3) is 0 Å². The van der Waals surface area contributed by atoms with E-state index in [1.165, 1.54) is 18.2 Å². The third-order valence-corrected chi connectivity index (χ3v) is 2.14. The molecule has 0 amide bonds. The van der Waals surface area contributed by atoms with Crippen molar-refractivity contribution in [2.75, 3.05) is 13.7 Å². The number of hydrogen-bond donors (Lipinski definition) is 1. The minimum Gasteiger partial charge on any atom is -0.487 e. The molecule has 1 aromatic rings. The summed E-state index contributed by atoms with van der Waals surface area (Å²) in [4.78, 5) is 10.9. The Hall–Kier alpha value is -1.26. The van der Waals surface area contributed by atoms with Gasteiger partial charge in [-0.15, -0.1) is 0 Å². The first-order valence-corrected chi connectivity index (χ1v) is 5.11. The van der Waals surface area contributed by atoms with Crippen LogP contribution in [-0.4, -0.2) is 30.9 Å². The largest absolute Gasteiger partial charge is 0.487 e. The second kappa shape index (κ2) is 5.72. The second-order valence-electron chi connectivity index (χ2n) is 3.33. The summed E-state index contributed by atoms with van der Waals surface area (Å²) in [6.07, 6.45) is -0.235. The molecule has 1 unspecified atom stereocenters. The van der Waals surface area contributed by atoms with E-state index >= 15 is 0 Å². The van der Waals surface area contributed by atoms with Gasteiger partial charge in [-0.05, 0) is 25.1 Å². The zero-order chi connectivity index (χ0) is 12.1. The van der Waals surface area contributed by atoms with Crippen molar-refractivity contribution in [2.24, 2.45) is 0 Å². The highest BCUT2D eigenvalue weighted by atomic mass is 35.5. The summed E-state index contributed by atoms with van der Waals surface area (Å²) in [5.74, 6) is -0.791. The topological polar surface area (TPSA) is 55.8 Å². The Morgan fingerprint density at radius 1 is 1.56 bits per heavy atom. The van der Waals surface area contributed by atoms with Crippen LogP contribution in [0, 0.1) is 0 Å². The van der Waals surface area contributed by atoms with Crippen LogP contribution in [0.3, 0.4) is 0 Å². The zero-order valence-electron chi connectivity index (χ0n) is 9.07. The van der Waals surface area contributed by atoms with Crippen LogP contribution in [0.15, 0.2) is 18.2 Å². The third-order valence-electron chi connectivity index (χ3n) is 1.90. The maximum Gasteiger partial charge on any atom is 0.339 e. The maximum atomic E-state index is 10.9. The molecule has 0 saturated heterocycles. The lowest BCUT2D eigenvalue weighted by Gasteiger charge is -2.15. The lowest BCUT2D eigenvalue weighted by Crippen LogP contribution is -2.19. The molecule has 0 bridgehead atoms. The molecule has 0 fully saturated rings. The quantitative estimate of drug-likeness (QED) is 0.864. The monoisotopic (exact) mass is 244 g/mol. The predicted molar refractivity (Wildman–Crippen MR) is 60.4 cm³/mol. The molecular formula is C11H13ClO4. The lowest BCUT2D eigenvalue weighted by atomic mass is 10.2. The van der Waals surface area contributed by atoms with Gasteiger partial charge in [-0.25, -0.2) is 4.79 Å². The fraction of sp³-hybridized carbons (Fsp3) is 0.364. The Balaban J connectivity index is 2.92. The highest BCUT2D eigenvalue weighted by molar-refractivity contribution is 6.30. The van der Waals surface area contributed by atoms with E-state index in [1.807, 2.05) is 0 Å². The number of rotatable bonds is 5. The summed E-state index contributed by atoms with van der Waals surface area (Å²) in [6.45, 7) is 2.17. The molecule has 1 aromatic carbocycles. The van der Waals surface area contributed by atoms with Gasteiger partial charge in [-0.3, -0.25) is 0 Å². The number of methoxy groups -OCH3 is 1. The van der Waals surface area contributed by atoms with E-state index in [-0.39, 0.29) is 17.4 Å². The fourth-order valence-electron chi connectivity index (χ4n) is 1.26. The number of carboxylic acid groups (broad SMARTS) is 1. The van der Waals surface area contributed by atoms with Gasteiger partial charge in [0.15, 0.2) is 0 Å².